The lowest BCUT2D eigenvalue weighted by atomic mass is 9.90. The number of ether oxygens (including phenoxy) is 1. The molecule has 0 aliphatic carbocycles. The van der Waals surface area contributed by atoms with Gasteiger partial charge in [-0.2, -0.15) is 0 Å². The Kier molecular flexibility index (Phi) is 5.82. The van der Waals surface area contributed by atoms with Crippen molar-refractivity contribution in [2.45, 2.75) is 33.6 Å². The van der Waals surface area contributed by atoms with Gasteiger partial charge in [0.15, 0.2) is 0 Å². The van der Waals surface area contributed by atoms with E-state index in [2.05, 4.69) is 29.1 Å². The molecule has 0 spiro atoms. The average molecular weight is 272 g/mol. The number of anilines is 1. The number of rotatable bonds is 7. The lowest BCUT2D eigenvalue weighted by Gasteiger charge is -2.24. The fraction of sp³-hybridized carbons (Fsp3) is 0.692. The van der Waals surface area contributed by atoms with Crippen molar-refractivity contribution < 1.29 is 4.74 Å². The van der Waals surface area contributed by atoms with Crippen LogP contribution in [0.2, 0.25) is 5.15 Å². The number of nitrogens with one attached hydrogen (secondary N) is 1. The Morgan fingerprint density at radius 3 is 2.72 bits per heavy atom. The van der Waals surface area contributed by atoms with Gasteiger partial charge in [-0.3, -0.25) is 0 Å². The van der Waals surface area contributed by atoms with Gasteiger partial charge in [-0.15, -0.1) is 0 Å². The SMILES string of the molecule is CCc1nc(Cl)cc(NCC(C)(C)CCOC)n1. The zero-order chi connectivity index (χ0) is 13.6. The van der Waals surface area contributed by atoms with Gasteiger partial charge in [-0.05, 0) is 11.8 Å². The molecule has 0 saturated carbocycles. The van der Waals surface area contributed by atoms with E-state index in [-0.39, 0.29) is 5.41 Å². The molecule has 4 nitrogen and oxygen atoms in total. The zero-order valence-electron chi connectivity index (χ0n) is 11.6. The lowest BCUT2D eigenvalue weighted by Crippen LogP contribution is -2.25. The van der Waals surface area contributed by atoms with Crippen LogP contribution in [0.3, 0.4) is 0 Å². The summed E-state index contributed by atoms with van der Waals surface area (Å²) in [6.07, 6.45) is 1.78. The number of hydrogen-bond acceptors (Lipinski definition) is 4. The van der Waals surface area contributed by atoms with Gasteiger partial charge in [0.1, 0.15) is 16.8 Å². The van der Waals surface area contributed by atoms with Crippen molar-refractivity contribution in [2.24, 2.45) is 5.41 Å². The van der Waals surface area contributed by atoms with Gasteiger partial charge < -0.3 is 10.1 Å². The molecule has 1 heterocycles. The molecule has 0 unspecified atom stereocenters. The molecule has 0 aromatic carbocycles. The van der Waals surface area contributed by atoms with E-state index < -0.39 is 0 Å². The van der Waals surface area contributed by atoms with Crippen molar-refractivity contribution in [3.63, 3.8) is 0 Å². The molecule has 0 aliphatic rings. The summed E-state index contributed by atoms with van der Waals surface area (Å²) >= 11 is 5.95. The van der Waals surface area contributed by atoms with Crippen molar-refractivity contribution in [1.29, 1.82) is 0 Å². The Bertz CT molecular complexity index is 382. The molecular weight excluding hydrogens is 250 g/mol. The van der Waals surface area contributed by atoms with E-state index in [1.807, 2.05) is 6.92 Å². The summed E-state index contributed by atoms with van der Waals surface area (Å²) in [6, 6.07) is 1.76. The number of aromatic nitrogens is 2. The van der Waals surface area contributed by atoms with Crippen LogP contribution in [0, 0.1) is 5.41 Å². The van der Waals surface area contributed by atoms with Crippen LogP contribution in [0.5, 0.6) is 0 Å². The summed E-state index contributed by atoms with van der Waals surface area (Å²) < 4.78 is 5.11. The van der Waals surface area contributed by atoms with Crippen LogP contribution in [-0.4, -0.2) is 30.2 Å². The van der Waals surface area contributed by atoms with Gasteiger partial charge in [-0.25, -0.2) is 9.97 Å². The monoisotopic (exact) mass is 271 g/mol. The van der Waals surface area contributed by atoms with E-state index in [0.717, 1.165) is 37.6 Å². The van der Waals surface area contributed by atoms with Crippen molar-refractivity contribution in [1.82, 2.24) is 9.97 Å². The fourth-order valence-corrected chi connectivity index (χ4v) is 1.71. The lowest BCUT2D eigenvalue weighted by molar-refractivity contribution is 0.157. The summed E-state index contributed by atoms with van der Waals surface area (Å²) in [5.41, 5.74) is 0.153. The standard InChI is InChI=1S/C13H22ClN3O/c1-5-11-16-10(14)8-12(17-11)15-9-13(2,3)6-7-18-4/h8H,5-7,9H2,1-4H3,(H,15,16,17). The number of hydrogen-bond donors (Lipinski definition) is 1. The van der Waals surface area contributed by atoms with Gasteiger partial charge >= 0.3 is 0 Å². The Morgan fingerprint density at radius 1 is 1.39 bits per heavy atom. The van der Waals surface area contributed by atoms with Crippen LogP contribution in [0.1, 0.15) is 33.0 Å². The molecule has 0 aliphatic heterocycles. The highest BCUT2D eigenvalue weighted by atomic mass is 35.5. The molecule has 1 aromatic heterocycles. The first-order chi connectivity index (χ1) is 8.46. The molecule has 0 amide bonds. The third-order valence-electron chi connectivity index (χ3n) is 2.79. The maximum absolute atomic E-state index is 5.95. The normalized spacial score (nSPS) is 11.6. The first kappa shape index (κ1) is 15.2. The summed E-state index contributed by atoms with van der Waals surface area (Å²) in [7, 11) is 1.72. The van der Waals surface area contributed by atoms with Crippen LogP contribution in [0.25, 0.3) is 0 Å². The number of halogens is 1. The summed E-state index contributed by atoms with van der Waals surface area (Å²) in [5, 5.41) is 3.80. The predicted octanol–water partition coefficient (Wildman–Crippen LogP) is 3.17. The third kappa shape index (κ3) is 5.19. The molecular formula is C13H22ClN3O. The Morgan fingerprint density at radius 2 is 2.11 bits per heavy atom. The van der Waals surface area contributed by atoms with Gasteiger partial charge in [-0.1, -0.05) is 32.4 Å². The first-order valence-electron chi connectivity index (χ1n) is 6.23. The molecule has 0 bridgehead atoms. The quantitative estimate of drug-likeness (QED) is 0.774. The molecule has 0 atom stereocenters. The molecule has 0 fully saturated rings. The smallest absolute Gasteiger partial charge is 0.134 e. The van der Waals surface area contributed by atoms with Gasteiger partial charge in [0.05, 0.1) is 0 Å². The molecule has 0 radical (unpaired) electrons. The Balaban J connectivity index is 2.59. The van der Waals surface area contributed by atoms with E-state index in [0.29, 0.717) is 5.15 Å². The predicted molar refractivity (Wildman–Crippen MR) is 75.2 cm³/mol. The maximum Gasteiger partial charge on any atom is 0.134 e. The average Bonchev–Trinajstić information content (AvgIpc) is 2.33. The summed E-state index contributed by atoms with van der Waals surface area (Å²) in [6.45, 7) is 8.00. The van der Waals surface area contributed by atoms with Gasteiger partial charge in [0, 0.05) is 32.7 Å². The van der Waals surface area contributed by atoms with Crippen LogP contribution < -0.4 is 5.32 Å². The largest absolute Gasteiger partial charge is 0.385 e. The Labute approximate surface area is 114 Å². The highest BCUT2D eigenvalue weighted by Crippen LogP contribution is 2.21. The minimum absolute atomic E-state index is 0.153. The molecule has 102 valence electrons. The molecule has 1 N–H and O–H groups in total. The Hall–Kier alpha value is -0.870. The second-order valence-corrected chi connectivity index (χ2v) is 5.49. The van der Waals surface area contributed by atoms with E-state index >= 15 is 0 Å². The topological polar surface area (TPSA) is 47.0 Å². The maximum atomic E-state index is 5.95. The van der Waals surface area contributed by atoms with Crippen LogP contribution >= 0.6 is 11.6 Å². The van der Waals surface area contributed by atoms with E-state index in [1.165, 1.54) is 0 Å². The molecule has 18 heavy (non-hydrogen) atoms. The molecule has 1 aromatic rings. The van der Waals surface area contributed by atoms with Crippen LogP contribution in [0.4, 0.5) is 5.82 Å². The van der Waals surface area contributed by atoms with Crippen molar-refractivity contribution in [2.75, 3.05) is 25.6 Å². The van der Waals surface area contributed by atoms with E-state index in [4.69, 9.17) is 16.3 Å². The van der Waals surface area contributed by atoms with Gasteiger partial charge in [0.25, 0.3) is 0 Å². The first-order valence-corrected chi connectivity index (χ1v) is 6.61. The molecule has 5 heteroatoms. The number of nitrogens with zero attached hydrogens (tertiary/aromatic N) is 2. The van der Waals surface area contributed by atoms with Crippen molar-refractivity contribution in [3.8, 4) is 0 Å². The minimum atomic E-state index is 0.153. The number of aryl methyl sites for hydroxylation is 1. The number of methoxy groups -OCH3 is 1. The van der Waals surface area contributed by atoms with Crippen LogP contribution in [-0.2, 0) is 11.2 Å². The van der Waals surface area contributed by atoms with E-state index in [9.17, 15) is 0 Å². The third-order valence-corrected chi connectivity index (χ3v) is 2.98. The second kappa shape index (κ2) is 6.90. The van der Waals surface area contributed by atoms with Gasteiger partial charge in [0.2, 0.25) is 0 Å². The van der Waals surface area contributed by atoms with E-state index in [1.54, 1.807) is 13.2 Å². The molecule has 0 saturated heterocycles. The van der Waals surface area contributed by atoms with Crippen molar-refractivity contribution >= 4 is 17.4 Å². The highest BCUT2D eigenvalue weighted by Gasteiger charge is 2.17. The summed E-state index contributed by atoms with van der Waals surface area (Å²) in [5.74, 6) is 1.55. The minimum Gasteiger partial charge on any atom is -0.385 e. The highest BCUT2D eigenvalue weighted by molar-refractivity contribution is 6.29. The summed E-state index contributed by atoms with van der Waals surface area (Å²) in [4.78, 5) is 8.54. The second-order valence-electron chi connectivity index (χ2n) is 5.11. The van der Waals surface area contributed by atoms with Crippen molar-refractivity contribution in [3.05, 3.63) is 17.0 Å². The van der Waals surface area contributed by atoms with Crippen LogP contribution in [0.15, 0.2) is 6.07 Å². The molecule has 1 rings (SSSR count). The zero-order valence-corrected chi connectivity index (χ0v) is 12.3. The fourth-order valence-electron chi connectivity index (χ4n) is 1.51.